The Morgan fingerprint density at radius 1 is 1.23 bits per heavy atom. The molecular formula is C11H10O2. The first-order valence-corrected chi connectivity index (χ1v) is 3.96. The standard InChI is InChI=1S/C11H10O2/c1-9-2-4-10(5-3-9)6-7-11(13)8-12/h2-8H,1H3/b7-6+. The molecule has 0 bridgehead atoms. The van der Waals surface area contributed by atoms with Crippen molar-refractivity contribution in [1.82, 2.24) is 0 Å². The first-order chi connectivity index (χ1) is 6.22. The summed E-state index contributed by atoms with van der Waals surface area (Å²) in [6.45, 7) is 1.99. The maximum absolute atomic E-state index is 10.6. The summed E-state index contributed by atoms with van der Waals surface area (Å²) in [5.41, 5.74) is 2.08. The quantitative estimate of drug-likeness (QED) is 0.397. The molecule has 0 saturated heterocycles. The number of hydrogen-bond donors (Lipinski definition) is 0. The summed E-state index contributed by atoms with van der Waals surface area (Å²) in [6, 6.07) is 7.68. The molecule has 0 spiro atoms. The third kappa shape index (κ3) is 3.03. The zero-order valence-electron chi connectivity index (χ0n) is 7.36. The van der Waals surface area contributed by atoms with E-state index in [2.05, 4.69) is 0 Å². The van der Waals surface area contributed by atoms with Crippen molar-refractivity contribution in [3.8, 4) is 0 Å². The van der Waals surface area contributed by atoms with Gasteiger partial charge in [0.15, 0.2) is 6.29 Å². The second-order valence-electron chi connectivity index (χ2n) is 2.76. The minimum absolute atomic E-state index is 0.296. The average Bonchev–Trinajstić information content (AvgIpc) is 2.16. The van der Waals surface area contributed by atoms with Crippen LogP contribution in [0.5, 0.6) is 0 Å². The molecule has 0 aliphatic carbocycles. The molecule has 1 aromatic rings. The van der Waals surface area contributed by atoms with Crippen molar-refractivity contribution in [1.29, 1.82) is 0 Å². The second kappa shape index (κ2) is 4.36. The van der Waals surface area contributed by atoms with E-state index in [1.807, 2.05) is 31.2 Å². The van der Waals surface area contributed by atoms with Gasteiger partial charge in [-0.1, -0.05) is 35.9 Å². The fourth-order valence-corrected chi connectivity index (χ4v) is 0.895. The lowest BCUT2D eigenvalue weighted by molar-refractivity contribution is -0.126. The number of carbonyl (C=O) groups is 2. The third-order valence-corrected chi connectivity index (χ3v) is 1.63. The first kappa shape index (κ1) is 9.39. The van der Waals surface area contributed by atoms with Gasteiger partial charge in [0.2, 0.25) is 5.78 Å². The van der Waals surface area contributed by atoms with Crippen LogP contribution in [0.4, 0.5) is 0 Å². The predicted octanol–water partition coefficient (Wildman–Crippen LogP) is 1.78. The normalized spacial score (nSPS) is 10.2. The number of aldehydes is 1. The van der Waals surface area contributed by atoms with Crippen molar-refractivity contribution in [2.75, 3.05) is 0 Å². The largest absolute Gasteiger partial charge is 0.294 e. The smallest absolute Gasteiger partial charge is 0.218 e. The lowest BCUT2D eigenvalue weighted by Crippen LogP contribution is -1.90. The molecule has 2 heteroatoms. The van der Waals surface area contributed by atoms with Gasteiger partial charge in [-0.15, -0.1) is 0 Å². The Bertz CT molecular complexity index is 334. The van der Waals surface area contributed by atoms with Gasteiger partial charge < -0.3 is 0 Å². The molecular weight excluding hydrogens is 164 g/mol. The number of rotatable bonds is 3. The summed E-state index contributed by atoms with van der Waals surface area (Å²) in [5.74, 6) is -0.513. The Hall–Kier alpha value is -1.70. The van der Waals surface area contributed by atoms with Crippen LogP contribution >= 0.6 is 0 Å². The summed E-state index contributed by atoms with van der Waals surface area (Å²) >= 11 is 0. The van der Waals surface area contributed by atoms with Crippen LogP contribution in [0.3, 0.4) is 0 Å². The summed E-state index contributed by atoms with van der Waals surface area (Å²) < 4.78 is 0. The Morgan fingerprint density at radius 3 is 2.38 bits per heavy atom. The molecule has 0 amide bonds. The van der Waals surface area contributed by atoms with E-state index in [4.69, 9.17) is 0 Å². The summed E-state index contributed by atoms with van der Waals surface area (Å²) in [5, 5.41) is 0. The lowest BCUT2D eigenvalue weighted by Gasteiger charge is -1.92. The van der Waals surface area contributed by atoms with Crippen LogP contribution in [0, 0.1) is 6.92 Å². The van der Waals surface area contributed by atoms with Gasteiger partial charge in [0, 0.05) is 0 Å². The molecule has 2 nitrogen and oxygen atoms in total. The SMILES string of the molecule is Cc1ccc(/C=C/C(=O)C=O)cc1. The maximum Gasteiger partial charge on any atom is 0.218 e. The molecule has 13 heavy (non-hydrogen) atoms. The van der Waals surface area contributed by atoms with Crippen LogP contribution in [-0.2, 0) is 9.59 Å². The van der Waals surface area contributed by atoms with Gasteiger partial charge in [0.05, 0.1) is 0 Å². The molecule has 66 valence electrons. The molecule has 0 heterocycles. The molecule has 0 fully saturated rings. The predicted molar refractivity (Wildman–Crippen MR) is 51.3 cm³/mol. The summed E-state index contributed by atoms with van der Waals surface area (Å²) in [6.07, 6.45) is 3.18. The summed E-state index contributed by atoms with van der Waals surface area (Å²) in [7, 11) is 0. The fourth-order valence-electron chi connectivity index (χ4n) is 0.895. The van der Waals surface area contributed by atoms with E-state index >= 15 is 0 Å². The second-order valence-corrected chi connectivity index (χ2v) is 2.76. The topological polar surface area (TPSA) is 34.1 Å². The third-order valence-electron chi connectivity index (χ3n) is 1.63. The van der Waals surface area contributed by atoms with Crippen LogP contribution < -0.4 is 0 Å². The van der Waals surface area contributed by atoms with Gasteiger partial charge in [-0.05, 0) is 18.6 Å². The number of hydrogen-bond acceptors (Lipinski definition) is 2. The van der Waals surface area contributed by atoms with Crippen LogP contribution in [0.2, 0.25) is 0 Å². The van der Waals surface area contributed by atoms with Crippen molar-refractivity contribution in [3.05, 3.63) is 41.5 Å². The van der Waals surface area contributed by atoms with Gasteiger partial charge >= 0.3 is 0 Å². The highest BCUT2D eigenvalue weighted by molar-refractivity contribution is 6.31. The van der Waals surface area contributed by atoms with E-state index in [9.17, 15) is 9.59 Å². The number of ketones is 1. The molecule has 0 atom stereocenters. The van der Waals surface area contributed by atoms with Crippen molar-refractivity contribution in [3.63, 3.8) is 0 Å². The molecule has 0 aromatic heterocycles. The van der Waals surface area contributed by atoms with Crippen molar-refractivity contribution in [2.24, 2.45) is 0 Å². The lowest BCUT2D eigenvalue weighted by atomic mass is 10.1. The van der Waals surface area contributed by atoms with Gasteiger partial charge in [-0.2, -0.15) is 0 Å². The fraction of sp³-hybridized carbons (Fsp3) is 0.0909. The summed E-state index contributed by atoms with van der Waals surface area (Å²) in [4.78, 5) is 20.6. The molecule has 0 unspecified atom stereocenters. The Morgan fingerprint density at radius 2 is 1.85 bits per heavy atom. The zero-order valence-corrected chi connectivity index (χ0v) is 7.36. The molecule has 0 aliphatic heterocycles. The molecule has 0 radical (unpaired) electrons. The Kier molecular flexibility index (Phi) is 3.15. The zero-order chi connectivity index (χ0) is 9.68. The van der Waals surface area contributed by atoms with E-state index in [1.54, 1.807) is 6.08 Å². The van der Waals surface area contributed by atoms with Gasteiger partial charge in [0.1, 0.15) is 0 Å². The minimum atomic E-state index is -0.513. The number of aryl methyl sites for hydroxylation is 1. The van der Waals surface area contributed by atoms with E-state index < -0.39 is 5.78 Å². The van der Waals surface area contributed by atoms with Gasteiger partial charge in [-0.3, -0.25) is 9.59 Å². The van der Waals surface area contributed by atoms with E-state index in [-0.39, 0.29) is 0 Å². The maximum atomic E-state index is 10.6. The molecule has 0 N–H and O–H groups in total. The Balaban J connectivity index is 2.74. The van der Waals surface area contributed by atoms with E-state index in [0.29, 0.717) is 6.29 Å². The monoisotopic (exact) mass is 174 g/mol. The van der Waals surface area contributed by atoms with Crippen molar-refractivity contribution < 1.29 is 9.59 Å². The molecule has 0 aliphatic rings. The Labute approximate surface area is 76.9 Å². The molecule has 1 aromatic carbocycles. The van der Waals surface area contributed by atoms with Crippen LogP contribution in [0.1, 0.15) is 11.1 Å². The van der Waals surface area contributed by atoms with Gasteiger partial charge in [0.25, 0.3) is 0 Å². The minimum Gasteiger partial charge on any atom is -0.294 e. The van der Waals surface area contributed by atoms with Crippen molar-refractivity contribution in [2.45, 2.75) is 6.92 Å². The van der Waals surface area contributed by atoms with Gasteiger partial charge in [-0.25, -0.2) is 0 Å². The number of benzene rings is 1. The van der Waals surface area contributed by atoms with E-state index in [1.165, 1.54) is 11.6 Å². The first-order valence-electron chi connectivity index (χ1n) is 3.96. The van der Waals surface area contributed by atoms with Crippen molar-refractivity contribution >= 4 is 18.1 Å². The van der Waals surface area contributed by atoms with Crippen LogP contribution in [0.25, 0.3) is 6.08 Å². The van der Waals surface area contributed by atoms with Crippen LogP contribution in [-0.4, -0.2) is 12.1 Å². The number of allylic oxidation sites excluding steroid dienone is 1. The number of carbonyl (C=O) groups excluding carboxylic acids is 2. The molecule has 1 rings (SSSR count). The highest BCUT2D eigenvalue weighted by atomic mass is 16.2. The van der Waals surface area contributed by atoms with Crippen LogP contribution in [0.15, 0.2) is 30.3 Å². The molecule has 0 saturated carbocycles. The van der Waals surface area contributed by atoms with E-state index in [0.717, 1.165) is 5.56 Å². The highest BCUT2D eigenvalue weighted by Crippen LogP contribution is 2.04. The highest BCUT2D eigenvalue weighted by Gasteiger charge is 1.90. The average molecular weight is 174 g/mol.